The van der Waals surface area contributed by atoms with E-state index in [0.29, 0.717) is 22.9 Å². The molecule has 2 fully saturated rings. The maximum atomic E-state index is 12.7. The molecular formula is C17H29N5OS. The largest absolute Gasteiger partial charge is 0.339 e. The van der Waals surface area contributed by atoms with Gasteiger partial charge in [-0.05, 0) is 31.6 Å². The summed E-state index contributed by atoms with van der Waals surface area (Å²) in [6, 6.07) is 0.460. The number of nitrogens with zero attached hydrogens (tertiary/aromatic N) is 4. The van der Waals surface area contributed by atoms with Crippen LogP contribution in [0, 0.1) is 5.92 Å². The fourth-order valence-electron chi connectivity index (χ4n) is 4.03. The molecule has 1 saturated carbocycles. The number of likely N-dealkylation sites (tertiary alicyclic amines) is 1. The van der Waals surface area contributed by atoms with E-state index < -0.39 is 0 Å². The average Bonchev–Trinajstić information content (AvgIpc) is 2.93. The van der Waals surface area contributed by atoms with Crippen LogP contribution in [0.25, 0.3) is 0 Å². The van der Waals surface area contributed by atoms with Crippen LogP contribution >= 0.6 is 11.8 Å². The van der Waals surface area contributed by atoms with Crippen molar-refractivity contribution in [2.75, 3.05) is 18.1 Å². The molecule has 1 aliphatic heterocycles. The van der Waals surface area contributed by atoms with Crippen LogP contribution in [0.5, 0.6) is 0 Å². The highest BCUT2D eigenvalue weighted by atomic mass is 32.2. The topological polar surface area (TPSA) is 77.0 Å². The minimum absolute atomic E-state index is 0.160. The molecular weight excluding hydrogens is 322 g/mol. The van der Waals surface area contributed by atoms with E-state index in [1.54, 1.807) is 0 Å². The zero-order valence-electron chi connectivity index (χ0n) is 15.0. The molecule has 2 aliphatic rings. The number of rotatable bonds is 3. The van der Waals surface area contributed by atoms with Gasteiger partial charge in [-0.3, -0.25) is 4.79 Å². The van der Waals surface area contributed by atoms with E-state index >= 15 is 0 Å². The number of carbonyl (C=O) groups excluding carboxylic acids is 1. The maximum Gasteiger partial charge on any atom is 0.233 e. The van der Waals surface area contributed by atoms with Crippen molar-refractivity contribution in [3.05, 3.63) is 5.82 Å². The highest BCUT2D eigenvalue weighted by molar-refractivity contribution is 7.99. The van der Waals surface area contributed by atoms with Crippen molar-refractivity contribution in [2.45, 2.75) is 75.9 Å². The molecule has 3 rings (SSSR count). The highest BCUT2D eigenvalue weighted by Gasteiger charge is 2.35. The summed E-state index contributed by atoms with van der Waals surface area (Å²) in [6.07, 6.45) is 7.45. The molecule has 24 heavy (non-hydrogen) atoms. The van der Waals surface area contributed by atoms with E-state index in [0.717, 1.165) is 18.8 Å². The molecule has 2 N–H and O–H groups in total. The van der Waals surface area contributed by atoms with Gasteiger partial charge in [0, 0.05) is 18.0 Å². The summed E-state index contributed by atoms with van der Waals surface area (Å²) in [5.74, 6) is 8.17. The molecule has 0 aromatic carbocycles. The highest BCUT2D eigenvalue weighted by Crippen LogP contribution is 2.35. The number of aromatic nitrogens is 3. The van der Waals surface area contributed by atoms with Crippen molar-refractivity contribution in [2.24, 2.45) is 5.92 Å². The number of nitrogen functional groups attached to an aromatic ring is 1. The van der Waals surface area contributed by atoms with Gasteiger partial charge in [0.1, 0.15) is 0 Å². The fraction of sp³-hybridized carbons (Fsp3) is 0.824. The second-order valence-electron chi connectivity index (χ2n) is 8.06. The third kappa shape index (κ3) is 3.55. The Kier molecular flexibility index (Phi) is 5.08. The lowest BCUT2D eigenvalue weighted by atomic mass is 9.78. The third-order valence-corrected chi connectivity index (χ3v) is 6.15. The van der Waals surface area contributed by atoms with Gasteiger partial charge in [-0.15, -0.1) is 10.2 Å². The van der Waals surface area contributed by atoms with E-state index in [1.165, 1.54) is 48.5 Å². The molecule has 0 radical (unpaired) electrons. The first-order chi connectivity index (χ1) is 11.4. The molecule has 2 heterocycles. The number of hydrogen-bond acceptors (Lipinski definition) is 5. The summed E-state index contributed by atoms with van der Waals surface area (Å²) < 4.78 is 1.53. The number of amides is 1. The molecule has 2 unspecified atom stereocenters. The molecule has 134 valence electrons. The first-order valence-corrected chi connectivity index (χ1v) is 9.99. The molecule has 1 aliphatic carbocycles. The van der Waals surface area contributed by atoms with Crippen LogP contribution < -0.4 is 5.84 Å². The maximum absolute atomic E-state index is 12.7. The van der Waals surface area contributed by atoms with Gasteiger partial charge in [-0.2, -0.15) is 0 Å². The number of nitrogens with two attached hydrogens (primary N) is 1. The number of piperidine rings is 1. The Morgan fingerprint density at radius 2 is 1.92 bits per heavy atom. The Hall–Kier alpha value is -1.24. The lowest BCUT2D eigenvalue weighted by Crippen LogP contribution is -2.50. The van der Waals surface area contributed by atoms with Gasteiger partial charge in [-0.1, -0.05) is 45.4 Å². The summed E-state index contributed by atoms with van der Waals surface area (Å²) in [5, 5.41) is 8.96. The van der Waals surface area contributed by atoms with E-state index in [2.05, 4.69) is 35.9 Å². The van der Waals surface area contributed by atoms with Gasteiger partial charge in [0.25, 0.3) is 0 Å². The van der Waals surface area contributed by atoms with Crippen LogP contribution in [0.2, 0.25) is 0 Å². The van der Waals surface area contributed by atoms with Crippen LogP contribution in [-0.4, -0.2) is 44.0 Å². The van der Waals surface area contributed by atoms with Gasteiger partial charge in [0.05, 0.1) is 5.75 Å². The standard InChI is InChI=1S/C17H29N5OS/c1-17(2,3)15-19-20-16(22(15)18)24-11-14(23)21-10-6-8-12-7-4-5-9-13(12)21/h12-13H,4-11,18H2,1-3H3. The molecule has 1 aromatic rings. The Morgan fingerprint density at radius 3 is 2.62 bits per heavy atom. The lowest BCUT2D eigenvalue weighted by molar-refractivity contribution is -0.134. The van der Waals surface area contributed by atoms with E-state index in [-0.39, 0.29) is 11.3 Å². The Morgan fingerprint density at radius 1 is 1.21 bits per heavy atom. The van der Waals surface area contributed by atoms with Gasteiger partial charge in [0.2, 0.25) is 11.1 Å². The molecule has 0 spiro atoms. The zero-order valence-corrected chi connectivity index (χ0v) is 15.8. The van der Waals surface area contributed by atoms with Crippen molar-refractivity contribution < 1.29 is 4.79 Å². The minimum Gasteiger partial charge on any atom is -0.339 e. The molecule has 7 heteroatoms. The molecule has 1 saturated heterocycles. The number of thioether (sulfide) groups is 1. The van der Waals surface area contributed by atoms with Gasteiger partial charge in [0.15, 0.2) is 5.82 Å². The van der Waals surface area contributed by atoms with Crippen molar-refractivity contribution >= 4 is 17.7 Å². The first kappa shape index (κ1) is 17.6. The van der Waals surface area contributed by atoms with Gasteiger partial charge >= 0.3 is 0 Å². The van der Waals surface area contributed by atoms with Crippen LogP contribution in [-0.2, 0) is 10.2 Å². The number of fused-ring (bicyclic) bond motifs is 1. The summed E-state index contributed by atoms with van der Waals surface area (Å²) >= 11 is 1.40. The third-order valence-electron chi connectivity index (χ3n) is 5.22. The van der Waals surface area contributed by atoms with Crippen molar-refractivity contribution in [3.8, 4) is 0 Å². The van der Waals surface area contributed by atoms with Gasteiger partial charge in [-0.25, -0.2) is 4.68 Å². The molecule has 1 aromatic heterocycles. The molecule has 1 amide bonds. The van der Waals surface area contributed by atoms with Crippen LogP contribution in [0.4, 0.5) is 0 Å². The predicted molar refractivity (Wildman–Crippen MR) is 96.3 cm³/mol. The Balaban J connectivity index is 1.62. The van der Waals surface area contributed by atoms with Crippen LogP contribution in [0.3, 0.4) is 0 Å². The molecule has 0 bridgehead atoms. The van der Waals surface area contributed by atoms with E-state index in [1.807, 2.05) is 0 Å². The number of carbonyl (C=O) groups is 1. The van der Waals surface area contributed by atoms with Gasteiger partial charge < -0.3 is 10.7 Å². The van der Waals surface area contributed by atoms with Crippen molar-refractivity contribution in [1.29, 1.82) is 0 Å². The fourth-order valence-corrected chi connectivity index (χ4v) is 4.77. The van der Waals surface area contributed by atoms with Crippen molar-refractivity contribution in [3.63, 3.8) is 0 Å². The van der Waals surface area contributed by atoms with E-state index in [4.69, 9.17) is 5.84 Å². The summed E-state index contributed by atoms with van der Waals surface area (Å²) in [7, 11) is 0. The molecule has 2 atom stereocenters. The normalized spacial score (nSPS) is 24.7. The smallest absolute Gasteiger partial charge is 0.233 e. The summed E-state index contributed by atoms with van der Waals surface area (Å²) in [5.41, 5.74) is -0.160. The molecule has 6 nitrogen and oxygen atoms in total. The minimum atomic E-state index is -0.160. The van der Waals surface area contributed by atoms with Crippen LogP contribution in [0.15, 0.2) is 5.16 Å². The SMILES string of the molecule is CC(C)(C)c1nnc(SCC(=O)N2CCCC3CCCCC32)n1N. The first-order valence-electron chi connectivity index (χ1n) is 9.01. The summed E-state index contributed by atoms with van der Waals surface area (Å²) in [4.78, 5) is 14.9. The average molecular weight is 352 g/mol. The monoisotopic (exact) mass is 351 g/mol. The Bertz CT molecular complexity index is 592. The summed E-state index contributed by atoms with van der Waals surface area (Å²) in [6.45, 7) is 7.06. The lowest BCUT2D eigenvalue weighted by Gasteiger charge is -2.44. The van der Waals surface area contributed by atoms with Crippen molar-refractivity contribution in [1.82, 2.24) is 19.8 Å². The second kappa shape index (κ2) is 6.94. The zero-order chi connectivity index (χ0) is 17.3. The second-order valence-corrected chi connectivity index (χ2v) is 9.00. The predicted octanol–water partition coefficient (Wildman–Crippen LogP) is 2.56. The van der Waals surface area contributed by atoms with Crippen LogP contribution in [0.1, 0.15) is 65.1 Å². The quantitative estimate of drug-likeness (QED) is 0.669. The Labute approximate surface area is 148 Å². The number of hydrogen-bond donors (Lipinski definition) is 1. The van der Waals surface area contributed by atoms with E-state index in [9.17, 15) is 4.79 Å².